The fraction of sp³-hybridized carbons (Fsp3) is 0.182. The van der Waals surface area contributed by atoms with E-state index in [1.54, 1.807) is 12.4 Å². The lowest BCUT2D eigenvalue weighted by Crippen LogP contribution is -2.00. The highest BCUT2D eigenvalue weighted by Gasteiger charge is 2.16. The third kappa shape index (κ3) is 2.94. The second kappa shape index (κ2) is 7.00. The van der Waals surface area contributed by atoms with Gasteiger partial charge in [0.1, 0.15) is 11.4 Å². The standard InChI is InChI=1S/C22H20N4/c1-3-15-13-19-20(14-16(15)4-2)26-22(18-10-6-8-12-24-18)21(25-19)17-9-5-7-11-23-17/h5-14H,3-4H2,1-2H3. The molecule has 26 heavy (non-hydrogen) atoms. The molecule has 0 saturated carbocycles. The Labute approximate surface area is 153 Å². The maximum atomic E-state index is 4.94. The van der Waals surface area contributed by atoms with Crippen molar-refractivity contribution in [2.75, 3.05) is 0 Å². The van der Waals surface area contributed by atoms with Crippen molar-refractivity contribution < 1.29 is 0 Å². The summed E-state index contributed by atoms with van der Waals surface area (Å²) in [5.41, 5.74) is 7.60. The molecule has 3 heterocycles. The van der Waals surface area contributed by atoms with Crippen LogP contribution in [0.4, 0.5) is 0 Å². The minimum Gasteiger partial charge on any atom is -0.255 e. The Morgan fingerprint density at radius 2 is 1.12 bits per heavy atom. The normalized spacial score (nSPS) is 11.0. The Morgan fingerprint density at radius 3 is 1.46 bits per heavy atom. The van der Waals surface area contributed by atoms with E-state index in [9.17, 15) is 0 Å². The van der Waals surface area contributed by atoms with E-state index in [2.05, 4.69) is 35.9 Å². The third-order valence-electron chi connectivity index (χ3n) is 4.56. The monoisotopic (exact) mass is 340 g/mol. The molecule has 0 unspecified atom stereocenters. The van der Waals surface area contributed by atoms with Crippen LogP contribution in [0.1, 0.15) is 25.0 Å². The zero-order valence-corrected chi connectivity index (χ0v) is 15.0. The molecule has 0 fully saturated rings. The first-order valence-corrected chi connectivity index (χ1v) is 8.96. The molecule has 0 bridgehead atoms. The first kappa shape index (κ1) is 16.3. The van der Waals surface area contributed by atoms with E-state index < -0.39 is 0 Å². The summed E-state index contributed by atoms with van der Waals surface area (Å²) in [7, 11) is 0. The van der Waals surface area contributed by atoms with Gasteiger partial charge in [0.15, 0.2) is 0 Å². The van der Waals surface area contributed by atoms with Gasteiger partial charge in [-0.05, 0) is 60.4 Å². The predicted molar refractivity (Wildman–Crippen MR) is 105 cm³/mol. The van der Waals surface area contributed by atoms with Crippen molar-refractivity contribution in [1.82, 2.24) is 19.9 Å². The minimum atomic E-state index is 0.767. The number of fused-ring (bicyclic) bond motifs is 1. The molecular weight excluding hydrogens is 320 g/mol. The predicted octanol–water partition coefficient (Wildman–Crippen LogP) is 4.88. The van der Waals surface area contributed by atoms with E-state index in [0.29, 0.717) is 0 Å². The smallest absolute Gasteiger partial charge is 0.117 e. The number of hydrogen-bond acceptors (Lipinski definition) is 4. The van der Waals surface area contributed by atoms with Crippen LogP contribution >= 0.6 is 0 Å². The molecule has 4 rings (SSSR count). The highest BCUT2D eigenvalue weighted by Crippen LogP contribution is 2.30. The Morgan fingerprint density at radius 1 is 0.654 bits per heavy atom. The van der Waals surface area contributed by atoms with Gasteiger partial charge in [-0.1, -0.05) is 26.0 Å². The average Bonchev–Trinajstić information content (AvgIpc) is 2.73. The second-order valence-corrected chi connectivity index (χ2v) is 6.17. The zero-order valence-electron chi connectivity index (χ0n) is 15.0. The number of hydrogen-bond donors (Lipinski definition) is 0. The van der Waals surface area contributed by atoms with Gasteiger partial charge < -0.3 is 0 Å². The number of aromatic nitrogens is 4. The van der Waals surface area contributed by atoms with E-state index in [-0.39, 0.29) is 0 Å². The second-order valence-electron chi connectivity index (χ2n) is 6.17. The van der Waals surface area contributed by atoms with E-state index in [0.717, 1.165) is 46.7 Å². The summed E-state index contributed by atoms with van der Waals surface area (Å²) >= 11 is 0. The summed E-state index contributed by atoms with van der Waals surface area (Å²) in [6, 6.07) is 16.0. The lowest BCUT2D eigenvalue weighted by Gasteiger charge is -2.12. The molecule has 128 valence electrons. The Hall–Kier alpha value is -3.14. The molecule has 0 aliphatic rings. The molecule has 1 aromatic carbocycles. The first-order valence-electron chi connectivity index (χ1n) is 8.96. The summed E-state index contributed by atoms with van der Waals surface area (Å²) < 4.78 is 0. The fourth-order valence-electron chi connectivity index (χ4n) is 3.21. The van der Waals surface area contributed by atoms with Gasteiger partial charge in [0.2, 0.25) is 0 Å². The summed E-state index contributed by atoms with van der Waals surface area (Å²) in [6.07, 6.45) is 5.53. The van der Waals surface area contributed by atoms with Crippen molar-refractivity contribution in [3.8, 4) is 22.8 Å². The molecule has 3 aromatic heterocycles. The third-order valence-corrected chi connectivity index (χ3v) is 4.56. The molecule has 0 atom stereocenters. The molecule has 4 heteroatoms. The lowest BCUT2D eigenvalue weighted by atomic mass is 10.0. The van der Waals surface area contributed by atoms with Crippen molar-refractivity contribution in [2.24, 2.45) is 0 Å². The minimum absolute atomic E-state index is 0.767. The van der Waals surface area contributed by atoms with Crippen molar-refractivity contribution >= 4 is 11.0 Å². The molecule has 0 radical (unpaired) electrons. The van der Waals surface area contributed by atoms with E-state index in [4.69, 9.17) is 9.97 Å². The van der Waals surface area contributed by atoms with Crippen LogP contribution in [-0.4, -0.2) is 19.9 Å². The molecule has 4 nitrogen and oxygen atoms in total. The van der Waals surface area contributed by atoms with Crippen molar-refractivity contribution in [2.45, 2.75) is 26.7 Å². The van der Waals surface area contributed by atoms with Crippen LogP contribution < -0.4 is 0 Å². The first-order chi connectivity index (χ1) is 12.8. The molecule has 0 N–H and O–H groups in total. The van der Waals surface area contributed by atoms with E-state index >= 15 is 0 Å². The number of pyridine rings is 2. The van der Waals surface area contributed by atoms with Crippen LogP contribution in [0, 0.1) is 0 Å². The van der Waals surface area contributed by atoms with Gasteiger partial charge in [0, 0.05) is 12.4 Å². The maximum absolute atomic E-state index is 4.94. The SMILES string of the molecule is CCc1cc2nc(-c3ccccn3)c(-c3ccccn3)nc2cc1CC. The fourth-order valence-corrected chi connectivity index (χ4v) is 3.21. The Balaban J connectivity index is 2.03. The topological polar surface area (TPSA) is 51.6 Å². The van der Waals surface area contributed by atoms with Gasteiger partial charge in [-0.2, -0.15) is 0 Å². The van der Waals surface area contributed by atoms with E-state index in [1.165, 1.54) is 11.1 Å². The maximum Gasteiger partial charge on any atom is 0.117 e. The average molecular weight is 340 g/mol. The Kier molecular flexibility index (Phi) is 4.40. The highest BCUT2D eigenvalue weighted by molar-refractivity contribution is 5.85. The van der Waals surface area contributed by atoms with Crippen molar-refractivity contribution in [3.63, 3.8) is 0 Å². The van der Waals surface area contributed by atoms with Crippen molar-refractivity contribution in [3.05, 3.63) is 72.1 Å². The Bertz CT molecular complexity index is 958. The van der Waals surface area contributed by atoms with Crippen molar-refractivity contribution in [1.29, 1.82) is 0 Å². The number of aryl methyl sites for hydroxylation is 2. The molecule has 0 spiro atoms. The molecular formula is C22H20N4. The van der Waals surface area contributed by atoms with Gasteiger partial charge in [0.25, 0.3) is 0 Å². The molecule has 0 aliphatic carbocycles. The molecule has 0 saturated heterocycles. The summed E-state index contributed by atoms with van der Waals surface area (Å²) in [5.74, 6) is 0. The van der Waals surface area contributed by atoms with Crippen LogP contribution in [0.3, 0.4) is 0 Å². The van der Waals surface area contributed by atoms with Gasteiger partial charge in [-0.25, -0.2) is 9.97 Å². The van der Waals surface area contributed by atoms with Gasteiger partial charge in [-0.3, -0.25) is 9.97 Å². The number of nitrogens with zero attached hydrogens (tertiary/aromatic N) is 4. The molecule has 4 aromatic rings. The molecule has 0 amide bonds. The van der Waals surface area contributed by atoms with Crippen LogP contribution in [-0.2, 0) is 12.8 Å². The largest absolute Gasteiger partial charge is 0.255 e. The summed E-state index contributed by atoms with van der Waals surface area (Å²) in [5, 5.41) is 0. The van der Waals surface area contributed by atoms with Crippen LogP contribution in [0.2, 0.25) is 0 Å². The number of rotatable bonds is 4. The van der Waals surface area contributed by atoms with Crippen LogP contribution in [0.15, 0.2) is 60.9 Å². The zero-order chi connectivity index (χ0) is 17.9. The van der Waals surface area contributed by atoms with E-state index in [1.807, 2.05) is 36.4 Å². The summed E-state index contributed by atoms with van der Waals surface area (Å²) in [4.78, 5) is 18.9. The van der Waals surface area contributed by atoms with Gasteiger partial charge >= 0.3 is 0 Å². The van der Waals surface area contributed by atoms with Gasteiger partial charge in [-0.15, -0.1) is 0 Å². The highest BCUT2D eigenvalue weighted by atomic mass is 14.9. The lowest BCUT2D eigenvalue weighted by molar-refractivity contribution is 1.04. The molecule has 0 aliphatic heterocycles. The van der Waals surface area contributed by atoms with Crippen LogP contribution in [0.5, 0.6) is 0 Å². The van der Waals surface area contributed by atoms with Crippen LogP contribution in [0.25, 0.3) is 33.8 Å². The number of benzene rings is 1. The van der Waals surface area contributed by atoms with Gasteiger partial charge in [0.05, 0.1) is 22.4 Å². The quantitative estimate of drug-likeness (QED) is 0.531. The summed E-state index contributed by atoms with van der Waals surface area (Å²) in [6.45, 7) is 4.35.